The fourth-order valence-corrected chi connectivity index (χ4v) is 5.78. The number of aliphatic hydroxyl groups excluding tert-OH is 1. The second-order valence-electron chi connectivity index (χ2n) is 9.67. The smallest absolute Gasteiger partial charge is 0.414 e. The first-order chi connectivity index (χ1) is 16.9. The first-order valence-corrected chi connectivity index (χ1v) is 12.3. The molecule has 2 N–H and O–H groups in total. The lowest BCUT2D eigenvalue weighted by Crippen LogP contribution is -2.42. The highest BCUT2D eigenvalue weighted by atomic mass is 16.5. The van der Waals surface area contributed by atoms with Crippen molar-refractivity contribution in [2.75, 3.05) is 12.0 Å². The zero-order valence-corrected chi connectivity index (χ0v) is 20.1. The number of fused-ring (bicyclic) bond motifs is 3. The van der Waals surface area contributed by atoms with Crippen molar-refractivity contribution in [3.05, 3.63) is 59.4 Å². The summed E-state index contributed by atoms with van der Waals surface area (Å²) in [5.74, 6) is -0.676. The highest BCUT2D eigenvalue weighted by Gasteiger charge is 2.35. The molecule has 0 spiro atoms. The lowest BCUT2D eigenvalue weighted by molar-refractivity contribution is -0.143. The molecule has 5 rings (SSSR count). The molecule has 1 fully saturated rings. The first-order valence-electron chi connectivity index (χ1n) is 12.3. The molecular weight excluding hydrogens is 446 g/mol. The number of nitrogens with zero attached hydrogens (tertiary/aromatic N) is 3. The van der Waals surface area contributed by atoms with Crippen LogP contribution < -0.4 is 4.90 Å². The SMILES string of the molecule is COC(=O)N1c2ccc3c(nc([C@@H](O)c4ccccc4)n3C3CCC[C@H](C(=O)O)C3)c2CC[C@H]1C. The van der Waals surface area contributed by atoms with Gasteiger partial charge in [-0.15, -0.1) is 0 Å². The number of aliphatic hydroxyl groups is 1. The van der Waals surface area contributed by atoms with Crippen LogP contribution in [0.3, 0.4) is 0 Å². The van der Waals surface area contributed by atoms with Gasteiger partial charge in [0.2, 0.25) is 0 Å². The van der Waals surface area contributed by atoms with Crippen molar-refractivity contribution in [3.63, 3.8) is 0 Å². The van der Waals surface area contributed by atoms with E-state index in [-0.39, 0.29) is 12.1 Å². The van der Waals surface area contributed by atoms with E-state index in [1.54, 1.807) is 4.90 Å². The number of amides is 1. The van der Waals surface area contributed by atoms with Crippen LogP contribution in [0.25, 0.3) is 11.0 Å². The summed E-state index contributed by atoms with van der Waals surface area (Å²) in [5, 5.41) is 21.1. The average Bonchev–Trinajstić information content (AvgIpc) is 3.28. The first kappa shape index (κ1) is 23.4. The topological polar surface area (TPSA) is 105 Å². The summed E-state index contributed by atoms with van der Waals surface area (Å²) in [6.45, 7) is 2.00. The molecule has 1 aromatic heterocycles. The van der Waals surface area contributed by atoms with Crippen LogP contribution in [0.15, 0.2) is 42.5 Å². The van der Waals surface area contributed by atoms with Crippen LogP contribution in [0.2, 0.25) is 0 Å². The number of carboxylic acids is 1. The Morgan fingerprint density at radius 3 is 2.60 bits per heavy atom. The lowest BCUT2D eigenvalue weighted by atomic mass is 9.85. The Balaban J connectivity index is 1.69. The standard InChI is InChI=1S/C27H31N3O5/c1-16-11-12-20-21(29(16)27(34)35-2)13-14-22-23(20)28-25(24(31)17-7-4-3-5-8-17)30(22)19-10-6-9-18(15-19)26(32)33/h3-5,7-8,13-14,16,18-19,24,31H,6,9-12,15H2,1-2H3,(H,32,33)/t16-,18+,19?,24+/m1/s1. The van der Waals surface area contributed by atoms with Gasteiger partial charge in [0.1, 0.15) is 11.9 Å². The second-order valence-corrected chi connectivity index (χ2v) is 9.67. The Bertz CT molecular complexity index is 1250. The number of benzene rings is 2. The summed E-state index contributed by atoms with van der Waals surface area (Å²) < 4.78 is 7.11. The molecule has 35 heavy (non-hydrogen) atoms. The summed E-state index contributed by atoms with van der Waals surface area (Å²) in [4.78, 5) is 31.0. The Kier molecular flexibility index (Phi) is 6.23. The molecule has 184 valence electrons. The van der Waals surface area contributed by atoms with Crippen molar-refractivity contribution in [1.82, 2.24) is 9.55 Å². The number of aliphatic carboxylic acids is 1. The van der Waals surface area contributed by atoms with E-state index in [1.807, 2.05) is 49.4 Å². The van der Waals surface area contributed by atoms with Crippen molar-refractivity contribution in [2.45, 2.75) is 63.6 Å². The number of imidazole rings is 1. The predicted molar refractivity (Wildman–Crippen MR) is 132 cm³/mol. The van der Waals surface area contributed by atoms with E-state index in [0.717, 1.165) is 53.5 Å². The van der Waals surface area contributed by atoms with Gasteiger partial charge < -0.3 is 19.5 Å². The molecule has 0 bridgehead atoms. The number of carboxylic acid groups (broad SMARTS) is 1. The summed E-state index contributed by atoms with van der Waals surface area (Å²) in [5.41, 5.74) is 4.08. The van der Waals surface area contributed by atoms with E-state index >= 15 is 0 Å². The van der Waals surface area contributed by atoms with Crippen LogP contribution in [0.1, 0.15) is 68.1 Å². The van der Waals surface area contributed by atoms with Gasteiger partial charge in [-0.05, 0) is 56.7 Å². The maximum absolute atomic E-state index is 12.6. The van der Waals surface area contributed by atoms with Gasteiger partial charge in [0, 0.05) is 17.6 Å². The van der Waals surface area contributed by atoms with Gasteiger partial charge in [0.15, 0.2) is 0 Å². The predicted octanol–water partition coefficient (Wildman–Crippen LogP) is 4.84. The van der Waals surface area contributed by atoms with Crippen molar-refractivity contribution < 1.29 is 24.5 Å². The lowest BCUT2D eigenvalue weighted by Gasteiger charge is -2.34. The van der Waals surface area contributed by atoms with Crippen molar-refractivity contribution in [3.8, 4) is 0 Å². The fraction of sp³-hybridized carbons (Fsp3) is 0.444. The van der Waals surface area contributed by atoms with E-state index in [0.29, 0.717) is 18.7 Å². The number of ether oxygens (including phenoxy) is 1. The molecule has 8 heteroatoms. The third-order valence-corrected chi connectivity index (χ3v) is 7.57. The Morgan fingerprint density at radius 1 is 1.11 bits per heavy atom. The molecule has 8 nitrogen and oxygen atoms in total. The van der Waals surface area contributed by atoms with Gasteiger partial charge in [-0.1, -0.05) is 36.8 Å². The quantitative estimate of drug-likeness (QED) is 0.557. The van der Waals surface area contributed by atoms with Crippen molar-refractivity contribution in [2.24, 2.45) is 5.92 Å². The maximum Gasteiger partial charge on any atom is 0.414 e. The summed E-state index contributed by atoms with van der Waals surface area (Å²) >= 11 is 0. The molecule has 0 radical (unpaired) electrons. The van der Waals surface area contributed by atoms with Crippen LogP contribution >= 0.6 is 0 Å². The number of hydrogen-bond donors (Lipinski definition) is 2. The van der Waals surface area contributed by atoms with E-state index in [4.69, 9.17) is 9.72 Å². The molecule has 2 aliphatic rings. The van der Waals surface area contributed by atoms with Crippen LogP contribution in [0, 0.1) is 5.92 Å². The van der Waals surface area contributed by atoms with E-state index in [9.17, 15) is 19.8 Å². The van der Waals surface area contributed by atoms with Crippen LogP contribution in [0.5, 0.6) is 0 Å². The number of hydrogen-bond acceptors (Lipinski definition) is 5. The number of methoxy groups -OCH3 is 1. The van der Waals surface area contributed by atoms with E-state index < -0.39 is 24.1 Å². The van der Waals surface area contributed by atoms with Crippen LogP contribution in [0.4, 0.5) is 10.5 Å². The zero-order chi connectivity index (χ0) is 24.7. The Hall–Kier alpha value is -3.39. The summed E-state index contributed by atoms with van der Waals surface area (Å²) in [6, 6.07) is 13.2. The number of rotatable bonds is 4. The molecular formula is C27H31N3O5. The zero-order valence-electron chi connectivity index (χ0n) is 20.1. The van der Waals surface area contributed by atoms with Gasteiger partial charge in [-0.2, -0.15) is 0 Å². The third kappa shape index (κ3) is 4.05. The van der Waals surface area contributed by atoms with Gasteiger partial charge in [-0.3, -0.25) is 9.69 Å². The Morgan fingerprint density at radius 2 is 1.89 bits per heavy atom. The highest BCUT2D eigenvalue weighted by molar-refractivity contribution is 5.95. The number of carbonyl (C=O) groups excluding carboxylic acids is 1. The number of carbonyl (C=O) groups is 2. The number of aromatic nitrogens is 2. The van der Waals surface area contributed by atoms with E-state index in [1.165, 1.54) is 7.11 Å². The van der Waals surface area contributed by atoms with Crippen molar-refractivity contribution >= 4 is 28.8 Å². The third-order valence-electron chi connectivity index (χ3n) is 7.57. The molecule has 1 unspecified atom stereocenters. The molecule has 1 aliphatic carbocycles. The van der Waals surface area contributed by atoms with Crippen LogP contribution in [-0.4, -0.2) is 45.0 Å². The van der Waals surface area contributed by atoms with Gasteiger partial charge >= 0.3 is 12.1 Å². The molecule has 1 aliphatic heterocycles. The molecule has 2 heterocycles. The number of aryl methyl sites for hydroxylation is 1. The molecule has 1 amide bonds. The average molecular weight is 478 g/mol. The second kappa shape index (κ2) is 9.34. The minimum absolute atomic E-state index is 0.00136. The minimum atomic E-state index is -0.955. The molecule has 2 aromatic carbocycles. The molecule has 4 atom stereocenters. The monoisotopic (exact) mass is 477 g/mol. The number of anilines is 1. The minimum Gasteiger partial charge on any atom is -0.481 e. The Labute approximate surface area is 204 Å². The maximum atomic E-state index is 12.6. The largest absolute Gasteiger partial charge is 0.481 e. The van der Waals surface area contributed by atoms with Gasteiger partial charge in [0.05, 0.1) is 29.7 Å². The van der Waals surface area contributed by atoms with Crippen LogP contribution in [-0.2, 0) is 16.0 Å². The van der Waals surface area contributed by atoms with Crippen molar-refractivity contribution in [1.29, 1.82) is 0 Å². The molecule has 0 saturated heterocycles. The summed E-state index contributed by atoms with van der Waals surface area (Å²) in [7, 11) is 1.38. The van der Waals surface area contributed by atoms with Gasteiger partial charge in [-0.25, -0.2) is 9.78 Å². The normalized spacial score (nSPS) is 23.1. The summed E-state index contributed by atoms with van der Waals surface area (Å²) in [6.07, 6.45) is 2.96. The van der Waals surface area contributed by atoms with Gasteiger partial charge in [0.25, 0.3) is 0 Å². The highest BCUT2D eigenvalue weighted by Crippen LogP contribution is 2.42. The molecule has 1 saturated carbocycles. The molecule has 3 aromatic rings. The van der Waals surface area contributed by atoms with E-state index in [2.05, 4.69) is 4.57 Å². The fourth-order valence-electron chi connectivity index (χ4n) is 5.78.